The highest BCUT2D eigenvalue weighted by atomic mass is 15.2. The fourth-order valence-corrected chi connectivity index (χ4v) is 7.25. The van der Waals surface area contributed by atoms with Gasteiger partial charge in [-0.05, 0) is 88.2 Å². The maximum absolute atomic E-state index is 2.60. The van der Waals surface area contributed by atoms with Gasteiger partial charge >= 0.3 is 0 Å². The van der Waals surface area contributed by atoms with Gasteiger partial charge in [-0.2, -0.15) is 0 Å². The first-order valence-corrected chi connectivity index (χ1v) is 15.8. The number of para-hydroxylation sites is 1. The number of rotatable bonds is 9. The van der Waals surface area contributed by atoms with Crippen LogP contribution in [0.3, 0.4) is 0 Å². The van der Waals surface area contributed by atoms with E-state index in [4.69, 9.17) is 0 Å². The molecule has 0 saturated carbocycles. The molecule has 1 unspecified atom stereocenters. The Kier molecular flexibility index (Phi) is 7.97. The van der Waals surface area contributed by atoms with Crippen molar-refractivity contribution in [3.05, 3.63) is 119 Å². The monoisotopic (exact) mass is 537 g/mol. The van der Waals surface area contributed by atoms with Gasteiger partial charge < -0.3 is 4.90 Å². The van der Waals surface area contributed by atoms with E-state index in [0.717, 1.165) is 6.42 Å². The molecule has 0 bridgehead atoms. The van der Waals surface area contributed by atoms with Crippen LogP contribution in [-0.4, -0.2) is 0 Å². The van der Waals surface area contributed by atoms with Gasteiger partial charge in [-0.3, -0.25) is 0 Å². The van der Waals surface area contributed by atoms with Crippen molar-refractivity contribution < 1.29 is 0 Å². The van der Waals surface area contributed by atoms with Crippen LogP contribution in [0.2, 0.25) is 0 Å². The lowest BCUT2D eigenvalue weighted by Crippen LogP contribution is -2.39. The van der Waals surface area contributed by atoms with Crippen molar-refractivity contribution in [1.82, 2.24) is 0 Å². The molecule has 0 aromatic heterocycles. The lowest BCUT2D eigenvalue weighted by Gasteiger charge is -2.35. The number of hydrogen-bond acceptors (Lipinski definition) is 1. The molecule has 1 atom stereocenters. The number of fused-ring (bicyclic) bond motifs is 4. The number of anilines is 2. The average molecular weight is 538 g/mol. The van der Waals surface area contributed by atoms with E-state index in [1.54, 1.807) is 0 Å². The molecule has 0 amide bonds. The van der Waals surface area contributed by atoms with Crippen LogP contribution < -0.4 is 15.3 Å². The van der Waals surface area contributed by atoms with E-state index in [1.165, 1.54) is 80.3 Å². The molecular weight excluding hydrogens is 494 g/mol. The normalized spacial score (nSPS) is 15.0. The van der Waals surface area contributed by atoms with Gasteiger partial charge in [-0.15, -0.1) is 0 Å². The molecule has 5 aromatic carbocycles. The van der Waals surface area contributed by atoms with Crippen LogP contribution in [0.1, 0.15) is 71.3 Å². The molecule has 1 nitrogen and oxygen atoms in total. The summed E-state index contributed by atoms with van der Waals surface area (Å²) in [6.45, 7) is 9.37. The minimum absolute atomic E-state index is 0.518. The Bertz CT molecular complexity index is 1770. The molecule has 0 saturated heterocycles. The third kappa shape index (κ3) is 5.08. The summed E-state index contributed by atoms with van der Waals surface area (Å²) in [6, 6.07) is 38.6. The topological polar surface area (TPSA) is 3.24 Å². The standard InChI is InChI=1S/C40H43N/c1-5-28(6-2)30-22-23-32-24-33(29(7-3)8-4)27-40(38(32)25-30)41(34-17-10-9-11-18-34)39-26-31-16-12-13-19-35(31)36-20-14-15-21-37(36)39/h9-26,28-29,33H,5-8,27H2,1-4H3. The van der Waals surface area contributed by atoms with E-state index in [9.17, 15) is 0 Å². The molecule has 0 fully saturated rings. The van der Waals surface area contributed by atoms with Crippen LogP contribution in [0.5, 0.6) is 0 Å². The number of hydrogen-bond donors (Lipinski definition) is 0. The lowest BCUT2D eigenvalue weighted by molar-refractivity contribution is 0.389. The number of benzene rings is 5. The third-order valence-electron chi connectivity index (χ3n) is 9.59. The molecule has 6 rings (SSSR count). The molecule has 1 aliphatic rings. The zero-order chi connectivity index (χ0) is 28.3. The minimum atomic E-state index is 0.518. The predicted octanol–water partition coefficient (Wildman–Crippen LogP) is 10.1. The van der Waals surface area contributed by atoms with Crippen molar-refractivity contribution >= 4 is 44.7 Å². The maximum Gasteiger partial charge on any atom is 0.0543 e. The molecule has 0 aliphatic heterocycles. The molecular formula is C40H43N. The summed E-state index contributed by atoms with van der Waals surface area (Å²) in [7, 11) is 0. The van der Waals surface area contributed by atoms with E-state index in [2.05, 4.69) is 142 Å². The first kappa shape index (κ1) is 27.3. The summed E-state index contributed by atoms with van der Waals surface area (Å²) in [5, 5.41) is 8.00. The van der Waals surface area contributed by atoms with Gasteiger partial charge in [0.25, 0.3) is 0 Å². The Balaban J connectivity index is 1.71. The van der Waals surface area contributed by atoms with E-state index < -0.39 is 0 Å². The highest BCUT2D eigenvalue weighted by Crippen LogP contribution is 2.42. The number of nitrogens with zero attached hydrogens (tertiary/aromatic N) is 1. The largest absolute Gasteiger partial charge is 0.313 e. The van der Waals surface area contributed by atoms with Crippen molar-refractivity contribution in [2.24, 2.45) is 11.8 Å². The molecule has 208 valence electrons. The molecule has 41 heavy (non-hydrogen) atoms. The maximum atomic E-state index is 2.60. The summed E-state index contributed by atoms with van der Waals surface area (Å²) in [5.74, 6) is 1.78. The molecule has 0 spiro atoms. The third-order valence-corrected chi connectivity index (χ3v) is 9.59. The van der Waals surface area contributed by atoms with Crippen LogP contribution in [0.15, 0.2) is 103 Å². The summed E-state index contributed by atoms with van der Waals surface area (Å²) < 4.78 is 0. The van der Waals surface area contributed by atoms with Gasteiger partial charge in [0.1, 0.15) is 0 Å². The Labute approximate surface area is 245 Å². The molecule has 1 aliphatic carbocycles. The smallest absolute Gasteiger partial charge is 0.0543 e. The van der Waals surface area contributed by atoms with Gasteiger partial charge in [0.15, 0.2) is 0 Å². The summed E-state index contributed by atoms with van der Waals surface area (Å²) in [5.41, 5.74) is 5.40. The average Bonchev–Trinajstić information content (AvgIpc) is 3.03. The minimum Gasteiger partial charge on any atom is -0.313 e. The molecule has 1 heteroatoms. The summed E-state index contributed by atoms with van der Waals surface area (Å²) in [4.78, 5) is 2.60. The second-order valence-corrected chi connectivity index (χ2v) is 11.8. The molecule has 0 radical (unpaired) electrons. The van der Waals surface area contributed by atoms with Crippen molar-refractivity contribution in [2.75, 3.05) is 4.90 Å². The Morgan fingerprint density at radius 3 is 2.02 bits per heavy atom. The summed E-state index contributed by atoms with van der Waals surface area (Å²) in [6.07, 6.45) is 8.38. The summed E-state index contributed by atoms with van der Waals surface area (Å²) >= 11 is 0. The van der Waals surface area contributed by atoms with Crippen LogP contribution in [0.4, 0.5) is 11.4 Å². The van der Waals surface area contributed by atoms with E-state index >= 15 is 0 Å². The highest BCUT2D eigenvalue weighted by Gasteiger charge is 2.27. The predicted molar refractivity (Wildman–Crippen MR) is 179 cm³/mol. The molecule has 0 N–H and O–H groups in total. The van der Waals surface area contributed by atoms with Crippen molar-refractivity contribution in [2.45, 2.75) is 65.7 Å². The van der Waals surface area contributed by atoms with E-state index in [0.29, 0.717) is 17.8 Å². The highest BCUT2D eigenvalue weighted by molar-refractivity contribution is 6.14. The zero-order valence-corrected chi connectivity index (χ0v) is 25.1. The Morgan fingerprint density at radius 1 is 0.659 bits per heavy atom. The van der Waals surface area contributed by atoms with Gasteiger partial charge in [-0.25, -0.2) is 0 Å². The van der Waals surface area contributed by atoms with E-state index in [1.807, 2.05) is 0 Å². The van der Waals surface area contributed by atoms with Crippen LogP contribution in [-0.2, 0) is 0 Å². The first-order valence-electron chi connectivity index (χ1n) is 15.8. The fraction of sp³-hybridized carbons (Fsp3) is 0.300. The SMILES string of the molecule is CCC(CC)c1ccc2c(c1)=C(N(c1ccccc1)c1cc3ccccc3c3ccccc13)CC(C(CC)CC)C=2. The van der Waals surface area contributed by atoms with Crippen molar-refractivity contribution in [3.63, 3.8) is 0 Å². The Hall–Kier alpha value is -3.84. The lowest BCUT2D eigenvalue weighted by atomic mass is 9.80. The van der Waals surface area contributed by atoms with Crippen LogP contribution >= 0.6 is 0 Å². The quantitative estimate of drug-likeness (QED) is 0.169. The van der Waals surface area contributed by atoms with E-state index in [-0.39, 0.29) is 0 Å². The van der Waals surface area contributed by atoms with Gasteiger partial charge in [0.2, 0.25) is 0 Å². The van der Waals surface area contributed by atoms with Crippen LogP contribution in [0, 0.1) is 11.8 Å². The van der Waals surface area contributed by atoms with Crippen molar-refractivity contribution in [1.29, 1.82) is 0 Å². The zero-order valence-electron chi connectivity index (χ0n) is 25.1. The van der Waals surface area contributed by atoms with Crippen LogP contribution in [0.25, 0.3) is 33.3 Å². The fourth-order valence-electron chi connectivity index (χ4n) is 7.25. The first-order chi connectivity index (χ1) is 20.2. The molecule has 5 aromatic rings. The van der Waals surface area contributed by atoms with Gasteiger partial charge in [-0.1, -0.05) is 125 Å². The Morgan fingerprint density at radius 2 is 1.32 bits per heavy atom. The van der Waals surface area contributed by atoms with Gasteiger partial charge in [0, 0.05) is 22.0 Å². The second-order valence-electron chi connectivity index (χ2n) is 11.8. The molecule has 0 heterocycles. The van der Waals surface area contributed by atoms with Crippen molar-refractivity contribution in [3.8, 4) is 0 Å². The second kappa shape index (κ2) is 12.0. The van der Waals surface area contributed by atoms with Gasteiger partial charge in [0.05, 0.1) is 5.69 Å².